The van der Waals surface area contributed by atoms with Crippen LogP contribution in [0.1, 0.15) is 31.6 Å². The van der Waals surface area contributed by atoms with Crippen molar-refractivity contribution in [2.24, 2.45) is 0 Å². The lowest BCUT2D eigenvalue weighted by Crippen LogP contribution is -2.38. The zero-order valence-electron chi connectivity index (χ0n) is 12.8. The highest BCUT2D eigenvalue weighted by molar-refractivity contribution is 7.92. The molecule has 0 saturated heterocycles. The Kier molecular flexibility index (Phi) is 3.29. The van der Waals surface area contributed by atoms with Crippen molar-refractivity contribution in [2.45, 2.75) is 37.3 Å². The first kappa shape index (κ1) is 14.5. The van der Waals surface area contributed by atoms with Gasteiger partial charge >= 0.3 is 0 Å². The number of hydrogen-bond acceptors (Lipinski definition) is 5. The molecule has 0 fully saturated rings. The minimum Gasteiger partial charge on any atom is -0.489 e. The number of rotatable bonds is 2. The molecule has 8 heteroatoms. The highest BCUT2D eigenvalue weighted by Crippen LogP contribution is 2.34. The Labute approximate surface area is 135 Å². The van der Waals surface area contributed by atoms with E-state index in [9.17, 15) is 8.42 Å². The number of hydrogen-bond donors (Lipinski definition) is 0. The Morgan fingerprint density at radius 1 is 1.39 bits per heavy atom. The van der Waals surface area contributed by atoms with Crippen LogP contribution in [0, 0.1) is 0 Å². The fourth-order valence-electron chi connectivity index (χ4n) is 3.20. The van der Waals surface area contributed by atoms with Crippen LogP contribution >= 0.6 is 0 Å². The summed E-state index contributed by atoms with van der Waals surface area (Å²) in [5.74, 6) is 1.38. The predicted octanol–water partition coefficient (Wildman–Crippen LogP) is 1.76. The molecule has 0 N–H and O–H groups in total. The highest BCUT2D eigenvalue weighted by atomic mass is 32.2. The number of anilines is 1. The quantitative estimate of drug-likeness (QED) is 0.836. The van der Waals surface area contributed by atoms with Crippen LogP contribution in [0.4, 0.5) is 5.69 Å². The molecule has 0 saturated carbocycles. The number of fused-ring (bicyclic) bond motifs is 2. The molecule has 0 bridgehead atoms. The van der Waals surface area contributed by atoms with Gasteiger partial charge in [0.1, 0.15) is 23.9 Å². The SMILES string of the molecule is C[C@H]1CCCc2nc(S(=O)(=O)N3CCOc4ccncc43)cn21. The van der Waals surface area contributed by atoms with Gasteiger partial charge in [-0.15, -0.1) is 0 Å². The number of sulfonamides is 1. The van der Waals surface area contributed by atoms with Crippen LogP contribution in [0.5, 0.6) is 5.75 Å². The van der Waals surface area contributed by atoms with Gasteiger partial charge in [-0.3, -0.25) is 9.29 Å². The Balaban J connectivity index is 1.77. The van der Waals surface area contributed by atoms with Crippen molar-refractivity contribution in [1.29, 1.82) is 0 Å². The van der Waals surface area contributed by atoms with Crippen molar-refractivity contribution in [3.05, 3.63) is 30.5 Å². The van der Waals surface area contributed by atoms with Gasteiger partial charge in [-0.2, -0.15) is 8.42 Å². The molecule has 2 aliphatic rings. The van der Waals surface area contributed by atoms with E-state index in [0.29, 0.717) is 18.0 Å². The third kappa shape index (κ3) is 2.28. The van der Waals surface area contributed by atoms with Crippen molar-refractivity contribution in [2.75, 3.05) is 17.5 Å². The summed E-state index contributed by atoms with van der Waals surface area (Å²) in [5, 5.41) is 0.109. The third-order valence-electron chi connectivity index (χ3n) is 4.42. The summed E-state index contributed by atoms with van der Waals surface area (Å²) in [6.07, 6.45) is 7.69. The molecule has 2 aromatic rings. The molecule has 4 heterocycles. The monoisotopic (exact) mass is 334 g/mol. The summed E-state index contributed by atoms with van der Waals surface area (Å²) >= 11 is 0. The Morgan fingerprint density at radius 3 is 3.09 bits per heavy atom. The van der Waals surface area contributed by atoms with Crippen molar-refractivity contribution in [3.63, 3.8) is 0 Å². The van der Waals surface area contributed by atoms with E-state index >= 15 is 0 Å². The van der Waals surface area contributed by atoms with Crippen molar-refractivity contribution < 1.29 is 13.2 Å². The van der Waals surface area contributed by atoms with Gasteiger partial charge < -0.3 is 9.30 Å². The fraction of sp³-hybridized carbons (Fsp3) is 0.467. The van der Waals surface area contributed by atoms with E-state index in [1.54, 1.807) is 18.5 Å². The van der Waals surface area contributed by atoms with Gasteiger partial charge in [0.25, 0.3) is 10.0 Å². The predicted molar refractivity (Wildman–Crippen MR) is 84.1 cm³/mol. The zero-order chi connectivity index (χ0) is 16.0. The van der Waals surface area contributed by atoms with E-state index in [1.165, 1.54) is 10.5 Å². The zero-order valence-corrected chi connectivity index (χ0v) is 13.7. The molecular weight excluding hydrogens is 316 g/mol. The number of aromatic nitrogens is 3. The normalized spacial score (nSPS) is 20.6. The second kappa shape index (κ2) is 5.23. The van der Waals surface area contributed by atoms with E-state index in [4.69, 9.17) is 4.74 Å². The van der Waals surface area contributed by atoms with Gasteiger partial charge in [-0.05, 0) is 19.8 Å². The van der Waals surface area contributed by atoms with Gasteiger partial charge in [0.2, 0.25) is 0 Å². The lowest BCUT2D eigenvalue weighted by atomic mass is 10.1. The molecule has 7 nitrogen and oxygen atoms in total. The van der Waals surface area contributed by atoms with E-state index in [2.05, 4.69) is 16.9 Å². The van der Waals surface area contributed by atoms with Crippen LogP contribution in [0.3, 0.4) is 0 Å². The van der Waals surface area contributed by atoms with Crippen molar-refractivity contribution in [1.82, 2.24) is 14.5 Å². The summed E-state index contributed by atoms with van der Waals surface area (Å²) in [6.45, 7) is 2.67. The number of imidazole rings is 1. The Bertz CT molecular complexity index is 846. The molecule has 0 aromatic carbocycles. The highest BCUT2D eigenvalue weighted by Gasteiger charge is 2.33. The minimum atomic E-state index is -3.71. The van der Waals surface area contributed by atoms with Crippen molar-refractivity contribution in [3.8, 4) is 5.75 Å². The fourth-order valence-corrected chi connectivity index (χ4v) is 4.60. The first-order valence-electron chi connectivity index (χ1n) is 7.74. The smallest absolute Gasteiger partial charge is 0.283 e. The van der Waals surface area contributed by atoms with Crippen LogP contribution in [0.25, 0.3) is 0 Å². The van der Waals surface area contributed by atoms with Crippen LogP contribution in [-0.2, 0) is 16.4 Å². The van der Waals surface area contributed by atoms with E-state index < -0.39 is 10.0 Å². The summed E-state index contributed by atoms with van der Waals surface area (Å²) in [7, 11) is -3.71. The summed E-state index contributed by atoms with van der Waals surface area (Å²) in [4.78, 5) is 8.41. The summed E-state index contributed by atoms with van der Waals surface area (Å²) < 4.78 is 34.9. The molecule has 0 aliphatic carbocycles. The largest absolute Gasteiger partial charge is 0.489 e. The molecular formula is C15H18N4O3S. The van der Waals surface area contributed by atoms with Crippen LogP contribution < -0.4 is 9.04 Å². The Hall–Kier alpha value is -2.09. The van der Waals surface area contributed by atoms with Gasteiger partial charge in [0, 0.05) is 30.9 Å². The topological polar surface area (TPSA) is 77.3 Å². The first-order chi connectivity index (χ1) is 11.1. The van der Waals surface area contributed by atoms with Gasteiger partial charge in [-0.25, -0.2) is 4.98 Å². The molecule has 2 aromatic heterocycles. The van der Waals surface area contributed by atoms with Crippen molar-refractivity contribution >= 4 is 15.7 Å². The lowest BCUT2D eigenvalue weighted by molar-refractivity contribution is 0.315. The number of ether oxygens (including phenoxy) is 1. The molecule has 4 rings (SSSR count). The van der Waals surface area contributed by atoms with E-state index in [1.807, 2.05) is 4.57 Å². The third-order valence-corrected chi connectivity index (χ3v) is 6.11. The maximum atomic E-state index is 13.0. The maximum Gasteiger partial charge on any atom is 0.283 e. The first-order valence-corrected chi connectivity index (χ1v) is 9.18. The maximum absolute atomic E-state index is 13.0. The van der Waals surface area contributed by atoms with Gasteiger partial charge in [0.05, 0.1) is 12.7 Å². The van der Waals surface area contributed by atoms with Crippen LogP contribution in [-0.4, -0.2) is 36.1 Å². The lowest BCUT2D eigenvalue weighted by Gasteiger charge is -2.29. The van der Waals surface area contributed by atoms with Crippen LogP contribution in [0.15, 0.2) is 29.7 Å². The molecule has 23 heavy (non-hydrogen) atoms. The Morgan fingerprint density at radius 2 is 2.26 bits per heavy atom. The van der Waals surface area contributed by atoms with E-state index in [0.717, 1.165) is 25.1 Å². The van der Waals surface area contributed by atoms with Gasteiger partial charge in [-0.1, -0.05) is 0 Å². The molecule has 0 unspecified atom stereocenters. The standard InChI is InChI=1S/C15H18N4O3S/c1-11-3-2-4-14-17-15(10-18(11)14)23(20,21)19-7-8-22-13-5-6-16-9-12(13)19/h5-6,9-11H,2-4,7-8H2,1H3/t11-/m0/s1. The second-order valence-electron chi connectivity index (χ2n) is 5.91. The number of pyridine rings is 1. The molecule has 0 amide bonds. The minimum absolute atomic E-state index is 0.109. The van der Waals surface area contributed by atoms with E-state index in [-0.39, 0.29) is 17.6 Å². The molecule has 0 radical (unpaired) electrons. The molecule has 2 aliphatic heterocycles. The molecule has 122 valence electrons. The molecule has 1 atom stereocenters. The average Bonchev–Trinajstić information content (AvgIpc) is 3.01. The summed E-state index contributed by atoms with van der Waals surface area (Å²) in [6, 6.07) is 1.96. The summed E-state index contributed by atoms with van der Waals surface area (Å²) in [5.41, 5.74) is 0.470. The second-order valence-corrected chi connectivity index (χ2v) is 7.72. The number of aryl methyl sites for hydroxylation is 1. The molecule has 0 spiro atoms. The number of nitrogens with zero attached hydrogens (tertiary/aromatic N) is 4. The van der Waals surface area contributed by atoms with Gasteiger partial charge in [0.15, 0.2) is 5.03 Å². The average molecular weight is 334 g/mol. The van der Waals surface area contributed by atoms with Crippen LogP contribution in [0.2, 0.25) is 0 Å².